The Labute approximate surface area is 163 Å². The number of hydrogen-bond donors (Lipinski definition) is 2. The maximum absolute atomic E-state index is 11.6. The second-order valence-corrected chi connectivity index (χ2v) is 5.39. The van der Waals surface area contributed by atoms with Gasteiger partial charge in [0.05, 0.1) is 13.2 Å². The lowest BCUT2D eigenvalue weighted by atomic mass is 10.2. The van der Waals surface area contributed by atoms with Gasteiger partial charge in [0, 0.05) is 12.1 Å². The maximum atomic E-state index is 11.6. The minimum absolute atomic E-state index is 0.176. The largest absolute Gasteiger partial charge is 0.489 e. The molecular formula is C20H23N3O5. The standard InChI is InChI=1S/C20H23N3O5/c1-3-26-19(24)22-17-13-16(14-18(21-17)23-20(25)27-4-2)28-12-8-11-15-9-6-5-7-10-15/h5-11,13-14H,3-4,12H2,1-2H3,(H2,21,22,23,24,25)/b11-8+. The summed E-state index contributed by atoms with van der Waals surface area (Å²) in [5.41, 5.74) is 1.05. The van der Waals surface area contributed by atoms with Crippen LogP contribution in [0.25, 0.3) is 6.08 Å². The Morgan fingerprint density at radius 2 is 1.54 bits per heavy atom. The summed E-state index contributed by atoms with van der Waals surface area (Å²) in [6, 6.07) is 12.9. The highest BCUT2D eigenvalue weighted by molar-refractivity contribution is 5.86. The van der Waals surface area contributed by atoms with Gasteiger partial charge in [-0.15, -0.1) is 0 Å². The van der Waals surface area contributed by atoms with Crippen molar-refractivity contribution in [1.82, 2.24) is 4.98 Å². The normalized spacial score (nSPS) is 10.4. The Balaban J connectivity index is 2.08. The molecule has 1 aromatic heterocycles. The van der Waals surface area contributed by atoms with Crippen LogP contribution in [0.5, 0.6) is 5.75 Å². The van der Waals surface area contributed by atoms with Crippen molar-refractivity contribution >= 4 is 29.9 Å². The van der Waals surface area contributed by atoms with Crippen molar-refractivity contribution < 1.29 is 23.8 Å². The zero-order chi connectivity index (χ0) is 20.2. The first-order valence-corrected chi connectivity index (χ1v) is 8.84. The van der Waals surface area contributed by atoms with Gasteiger partial charge in [-0.25, -0.2) is 14.6 Å². The molecule has 1 aromatic carbocycles. The molecule has 2 amide bonds. The second-order valence-electron chi connectivity index (χ2n) is 5.39. The molecule has 0 aliphatic heterocycles. The van der Waals surface area contributed by atoms with Crippen LogP contribution in [-0.2, 0) is 9.47 Å². The topological polar surface area (TPSA) is 98.8 Å². The molecule has 148 valence electrons. The van der Waals surface area contributed by atoms with Gasteiger partial charge < -0.3 is 14.2 Å². The van der Waals surface area contributed by atoms with E-state index in [-0.39, 0.29) is 31.5 Å². The minimum atomic E-state index is -0.654. The van der Waals surface area contributed by atoms with Crippen LogP contribution < -0.4 is 15.4 Å². The lowest BCUT2D eigenvalue weighted by molar-refractivity contribution is 0.167. The molecule has 0 saturated carbocycles. The van der Waals surface area contributed by atoms with Crippen molar-refractivity contribution in [3.63, 3.8) is 0 Å². The predicted octanol–water partition coefficient (Wildman–Crippen LogP) is 4.31. The molecule has 0 spiro atoms. The minimum Gasteiger partial charge on any atom is -0.489 e. The predicted molar refractivity (Wildman–Crippen MR) is 106 cm³/mol. The fraction of sp³-hybridized carbons (Fsp3) is 0.250. The van der Waals surface area contributed by atoms with Crippen LogP contribution in [-0.4, -0.2) is 37.0 Å². The molecule has 0 bridgehead atoms. The molecule has 0 aliphatic rings. The van der Waals surface area contributed by atoms with Crippen molar-refractivity contribution in [2.75, 3.05) is 30.5 Å². The number of carbonyl (C=O) groups excluding carboxylic acids is 2. The number of pyridine rings is 1. The molecule has 0 radical (unpaired) electrons. The van der Waals surface area contributed by atoms with Crippen molar-refractivity contribution in [2.45, 2.75) is 13.8 Å². The summed E-state index contributed by atoms with van der Waals surface area (Å²) in [6.07, 6.45) is 2.47. The van der Waals surface area contributed by atoms with Crippen LogP contribution in [0, 0.1) is 0 Å². The molecule has 8 nitrogen and oxygen atoms in total. The SMILES string of the molecule is CCOC(=O)Nc1cc(OC/C=C/c2ccccc2)cc(NC(=O)OCC)n1. The van der Waals surface area contributed by atoms with E-state index in [4.69, 9.17) is 14.2 Å². The number of amides is 2. The third-order valence-electron chi connectivity index (χ3n) is 3.27. The number of rotatable bonds is 8. The summed E-state index contributed by atoms with van der Waals surface area (Å²) in [5.74, 6) is 0.760. The van der Waals surface area contributed by atoms with Crippen molar-refractivity contribution in [3.05, 3.63) is 54.1 Å². The molecule has 0 fully saturated rings. The lowest BCUT2D eigenvalue weighted by Gasteiger charge is -2.11. The van der Waals surface area contributed by atoms with E-state index in [0.717, 1.165) is 5.56 Å². The van der Waals surface area contributed by atoms with E-state index in [9.17, 15) is 9.59 Å². The third-order valence-corrected chi connectivity index (χ3v) is 3.27. The summed E-state index contributed by atoms with van der Waals surface area (Å²) in [7, 11) is 0. The van der Waals surface area contributed by atoms with Gasteiger partial charge in [0.25, 0.3) is 0 Å². The number of hydrogen-bond acceptors (Lipinski definition) is 6. The summed E-state index contributed by atoms with van der Waals surface area (Å²) in [4.78, 5) is 27.4. The number of nitrogens with one attached hydrogen (secondary N) is 2. The molecule has 8 heteroatoms. The van der Waals surface area contributed by atoms with Crippen LogP contribution in [0.15, 0.2) is 48.5 Å². The molecule has 2 rings (SSSR count). The first-order valence-electron chi connectivity index (χ1n) is 8.84. The lowest BCUT2D eigenvalue weighted by Crippen LogP contribution is -2.17. The van der Waals surface area contributed by atoms with Gasteiger partial charge in [0.2, 0.25) is 0 Å². The second kappa shape index (κ2) is 11.2. The van der Waals surface area contributed by atoms with Crippen molar-refractivity contribution in [1.29, 1.82) is 0 Å². The van der Waals surface area contributed by atoms with Crippen LogP contribution in [0.1, 0.15) is 19.4 Å². The van der Waals surface area contributed by atoms with Gasteiger partial charge in [-0.3, -0.25) is 10.6 Å². The molecule has 0 aliphatic carbocycles. The highest BCUT2D eigenvalue weighted by atomic mass is 16.6. The molecule has 28 heavy (non-hydrogen) atoms. The molecule has 0 atom stereocenters. The number of aromatic nitrogens is 1. The van der Waals surface area contributed by atoms with E-state index >= 15 is 0 Å². The molecule has 1 heterocycles. The summed E-state index contributed by atoms with van der Waals surface area (Å²) < 4.78 is 15.4. The Morgan fingerprint density at radius 1 is 0.964 bits per heavy atom. The maximum Gasteiger partial charge on any atom is 0.412 e. The number of anilines is 2. The van der Waals surface area contributed by atoms with Crippen LogP contribution in [0.2, 0.25) is 0 Å². The van der Waals surface area contributed by atoms with E-state index < -0.39 is 12.2 Å². The average molecular weight is 385 g/mol. The van der Waals surface area contributed by atoms with E-state index in [2.05, 4.69) is 15.6 Å². The molecule has 0 unspecified atom stereocenters. The summed E-state index contributed by atoms with van der Waals surface area (Å²) in [6.45, 7) is 4.12. The number of ether oxygens (including phenoxy) is 3. The zero-order valence-electron chi connectivity index (χ0n) is 15.8. The molecule has 0 saturated heterocycles. The van der Waals surface area contributed by atoms with Crippen molar-refractivity contribution in [3.8, 4) is 5.75 Å². The Hall–Kier alpha value is -3.55. The number of benzene rings is 1. The van der Waals surface area contributed by atoms with E-state index in [0.29, 0.717) is 5.75 Å². The van der Waals surface area contributed by atoms with Gasteiger partial charge in [0.1, 0.15) is 24.0 Å². The van der Waals surface area contributed by atoms with Gasteiger partial charge >= 0.3 is 12.2 Å². The Bertz CT molecular complexity index is 770. The fourth-order valence-electron chi connectivity index (χ4n) is 2.15. The third kappa shape index (κ3) is 7.36. The van der Waals surface area contributed by atoms with Gasteiger partial charge in [-0.2, -0.15) is 0 Å². The highest BCUT2D eigenvalue weighted by Crippen LogP contribution is 2.21. The van der Waals surface area contributed by atoms with E-state index in [1.54, 1.807) is 13.8 Å². The van der Waals surface area contributed by atoms with Gasteiger partial charge in [0.15, 0.2) is 0 Å². The molecular weight excluding hydrogens is 362 g/mol. The van der Waals surface area contributed by atoms with E-state index in [1.165, 1.54) is 12.1 Å². The first-order chi connectivity index (χ1) is 13.6. The summed E-state index contributed by atoms with van der Waals surface area (Å²) in [5, 5.41) is 4.97. The quantitative estimate of drug-likeness (QED) is 0.702. The fourth-order valence-corrected chi connectivity index (χ4v) is 2.15. The molecule has 2 aromatic rings. The Morgan fingerprint density at radius 3 is 2.07 bits per heavy atom. The average Bonchev–Trinajstić information content (AvgIpc) is 2.66. The van der Waals surface area contributed by atoms with Crippen LogP contribution >= 0.6 is 0 Å². The Kier molecular flexibility index (Phi) is 8.32. The van der Waals surface area contributed by atoms with Gasteiger partial charge in [-0.05, 0) is 25.5 Å². The monoisotopic (exact) mass is 385 g/mol. The number of carbonyl (C=O) groups is 2. The number of nitrogens with zero attached hydrogens (tertiary/aromatic N) is 1. The smallest absolute Gasteiger partial charge is 0.412 e. The van der Waals surface area contributed by atoms with Crippen LogP contribution in [0.3, 0.4) is 0 Å². The van der Waals surface area contributed by atoms with E-state index in [1.807, 2.05) is 42.5 Å². The zero-order valence-corrected chi connectivity index (χ0v) is 15.8. The summed E-state index contributed by atoms with van der Waals surface area (Å²) >= 11 is 0. The van der Waals surface area contributed by atoms with Gasteiger partial charge in [-0.1, -0.05) is 36.4 Å². The van der Waals surface area contributed by atoms with Crippen molar-refractivity contribution in [2.24, 2.45) is 0 Å². The molecule has 2 N–H and O–H groups in total. The highest BCUT2D eigenvalue weighted by Gasteiger charge is 2.10. The van der Waals surface area contributed by atoms with Crippen LogP contribution in [0.4, 0.5) is 21.2 Å². The first kappa shape index (κ1) is 20.8.